The van der Waals surface area contributed by atoms with Gasteiger partial charge in [-0.15, -0.1) is 0 Å². The van der Waals surface area contributed by atoms with Crippen LogP contribution in [0, 0.1) is 5.82 Å². The zero-order valence-corrected chi connectivity index (χ0v) is 15.6. The van der Waals surface area contributed by atoms with Crippen LogP contribution in [0.4, 0.5) is 10.1 Å². The average Bonchev–Trinajstić information content (AvgIpc) is 2.72. The first-order valence-electron chi connectivity index (χ1n) is 8.95. The molecule has 29 heavy (non-hydrogen) atoms. The second-order valence-corrected chi connectivity index (χ2v) is 6.51. The number of amides is 1. The predicted molar refractivity (Wildman–Crippen MR) is 110 cm³/mol. The molecule has 0 saturated carbocycles. The van der Waals surface area contributed by atoms with Crippen molar-refractivity contribution in [2.45, 2.75) is 0 Å². The summed E-state index contributed by atoms with van der Waals surface area (Å²) in [6.45, 7) is 0. The van der Waals surface area contributed by atoms with E-state index < -0.39 is 17.2 Å². The lowest BCUT2D eigenvalue weighted by Gasteiger charge is -2.13. The number of hydrogen-bond acceptors (Lipinski definition) is 3. The average molecular weight is 388 g/mol. The highest BCUT2D eigenvalue weighted by atomic mass is 19.1. The predicted octanol–water partition coefficient (Wildman–Crippen LogP) is 4.72. The Balaban J connectivity index is 1.69. The zero-order valence-electron chi connectivity index (χ0n) is 15.6. The minimum atomic E-state index is -0.596. The monoisotopic (exact) mass is 388 g/mol. The molecule has 0 aliphatic rings. The molecule has 0 bridgehead atoms. The van der Waals surface area contributed by atoms with Gasteiger partial charge in [0.05, 0.1) is 11.2 Å². The number of benzene rings is 3. The van der Waals surface area contributed by atoms with Gasteiger partial charge in [-0.1, -0.05) is 30.3 Å². The summed E-state index contributed by atoms with van der Waals surface area (Å²) in [5.74, 6) is -0.0726. The Morgan fingerprint density at radius 2 is 1.72 bits per heavy atom. The lowest BCUT2D eigenvalue weighted by molar-refractivity contribution is 0.102. The van der Waals surface area contributed by atoms with E-state index in [0.717, 1.165) is 6.07 Å². The topological polar surface area (TPSA) is 60.3 Å². The number of aryl methyl sites for hydroxylation is 1. The fourth-order valence-electron chi connectivity index (χ4n) is 3.09. The molecule has 1 heterocycles. The number of fused-ring (bicyclic) bond motifs is 1. The van der Waals surface area contributed by atoms with Gasteiger partial charge < -0.3 is 14.6 Å². The van der Waals surface area contributed by atoms with Crippen molar-refractivity contribution in [1.82, 2.24) is 4.57 Å². The van der Waals surface area contributed by atoms with Crippen LogP contribution in [0.3, 0.4) is 0 Å². The highest BCUT2D eigenvalue weighted by molar-refractivity contribution is 6.06. The molecule has 1 amide bonds. The van der Waals surface area contributed by atoms with E-state index in [2.05, 4.69) is 5.32 Å². The van der Waals surface area contributed by atoms with Crippen molar-refractivity contribution in [3.63, 3.8) is 0 Å². The van der Waals surface area contributed by atoms with Crippen molar-refractivity contribution >= 4 is 22.5 Å². The Labute approximate surface area is 166 Å². The molecule has 1 N–H and O–H groups in total. The van der Waals surface area contributed by atoms with Crippen molar-refractivity contribution in [1.29, 1.82) is 0 Å². The highest BCUT2D eigenvalue weighted by Gasteiger charge is 2.17. The Hall–Kier alpha value is -3.93. The second-order valence-electron chi connectivity index (χ2n) is 6.51. The molecule has 0 unspecified atom stereocenters. The SMILES string of the molecule is Cn1cc(C(=O)Nc2ccccc2Oc2ccccc2)c(=O)c2cc(F)ccc21. The molecule has 0 saturated heterocycles. The summed E-state index contributed by atoms with van der Waals surface area (Å²) in [4.78, 5) is 25.6. The summed E-state index contributed by atoms with van der Waals surface area (Å²) >= 11 is 0. The van der Waals surface area contributed by atoms with E-state index in [4.69, 9.17) is 4.74 Å². The Morgan fingerprint density at radius 1 is 1.00 bits per heavy atom. The van der Waals surface area contributed by atoms with Gasteiger partial charge >= 0.3 is 0 Å². The molecule has 3 aromatic carbocycles. The van der Waals surface area contributed by atoms with Crippen LogP contribution in [-0.2, 0) is 7.05 Å². The van der Waals surface area contributed by atoms with Crippen molar-refractivity contribution in [3.8, 4) is 11.5 Å². The first-order valence-corrected chi connectivity index (χ1v) is 8.95. The standard InChI is InChI=1S/C23H17FN2O3/c1-26-14-18(22(27)17-13-15(24)11-12-20(17)26)23(28)25-19-9-5-6-10-21(19)29-16-7-3-2-4-8-16/h2-14H,1H3,(H,25,28). The lowest BCUT2D eigenvalue weighted by atomic mass is 10.1. The number of aromatic nitrogens is 1. The number of ether oxygens (including phenoxy) is 1. The summed E-state index contributed by atoms with van der Waals surface area (Å²) in [5, 5.41) is 2.87. The van der Waals surface area contributed by atoms with Crippen molar-refractivity contribution in [2.24, 2.45) is 7.05 Å². The van der Waals surface area contributed by atoms with Crippen LogP contribution in [0.2, 0.25) is 0 Å². The van der Waals surface area contributed by atoms with E-state index in [1.165, 1.54) is 18.3 Å². The lowest BCUT2D eigenvalue weighted by Crippen LogP contribution is -2.23. The maximum Gasteiger partial charge on any atom is 0.261 e. The molecule has 0 radical (unpaired) electrons. The number of para-hydroxylation sites is 3. The number of hydrogen-bond donors (Lipinski definition) is 1. The number of nitrogens with zero attached hydrogens (tertiary/aromatic N) is 1. The molecule has 6 heteroatoms. The summed E-state index contributed by atoms with van der Waals surface area (Å²) in [7, 11) is 1.70. The van der Waals surface area contributed by atoms with Gasteiger partial charge in [0.1, 0.15) is 17.1 Å². The first-order chi connectivity index (χ1) is 14.0. The van der Waals surface area contributed by atoms with Gasteiger partial charge in [0.2, 0.25) is 5.43 Å². The molecular formula is C23H17FN2O3. The minimum Gasteiger partial charge on any atom is -0.455 e. The van der Waals surface area contributed by atoms with E-state index in [-0.39, 0.29) is 10.9 Å². The zero-order chi connectivity index (χ0) is 20.4. The van der Waals surface area contributed by atoms with E-state index in [1.54, 1.807) is 48.0 Å². The third kappa shape index (κ3) is 3.73. The minimum absolute atomic E-state index is 0.0832. The van der Waals surface area contributed by atoms with Gasteiger partial charge in [-0.25, -0.2) is 4.39 Å². The van der Waals surface area contributed by atoms with Crippen LogP contribution in [0.5, 0.6) is 11.5 Å². The van der Waals surface area contributed by atoms with E-state index in [1.807, 2.05) is 18.2 Å². The van der Waals surface area contributed by atoms with Gasteiger partial charge in [0.25, 0.3) is 5.91 Å². The van der Waals surface area contributed by atoms with Gasteiger partial charge in [-0.2, -0.15) is 0 Å². The number of carbonyl (C=O) groups excluding carboxylic acids is 1. The summed E-state index contributed by atoms with van der Waals surface area (Å²) in [6.07, 6.45) is 1.44. The molecule has 5 nitrogen and oxygen atoms in total. The van der Waals surface area contributed by atoms with Crippen LogP contribution in [0.15, 0.2) is 83.8 Å². The number of carbonyl (C=O) groups is 1. The summed E-state index contributed by atoms with van der Waals surface area (Å²) in [5.41, 5.74) is 0.347. The van der Waals surface area contributed by atoms with E-state index >= 15 is 0 Å². The van der Waals surface area contributed by atoms with Crippen LogP contribution in [0.25, 0.3) is 10.9 Å². The second kappa shape index (κ2) is 7.59. The molecule has 0 spiro atoms. The highest BCUT2D eigenvalue weighted by Crippen LogP contribution is 2.29. The Morgan fingerprint density at radius 3 is 2.52 bits per heavy atom. The summed E-state index contributed by atoms with van der Waals surface area (Å²) in [6, 6.07) is 20.0. The molecule has 1 aromatic heterocycles. The number of nitrogens with one attached hydrogen (secondary N) is 1. The van der Waals surface area contributed by atoms with Crippen LogP contribution in [-0.4, -0.2) is 10.5 Å². The normalized spacial score (nSPS) is 10.7. The number of anilines is 1. The van der Waals surface area contributed by atoms with Crippen LogP contribution < -0.4 is 15.5 Å². The van der Waals surface area contributed by atoms with Crippen molar-refractivity contribution in [3.05, 3.63) is 101 Å². The maximum atomic E-state index is 13.6. The largest absolute Gasteiger partial charge is 0.455 e. The smallest absolute Gasteiger partial charge is 0.261 e. The van der Waals surface area contributed by atoms with Crippen molar-refractivity contribution < 1.29 is 13.9 Å². The first kappa shape index (κ1) is 18.4. The Kier molecular flexibility index (Phi) is 4.83. The molecule has 4 rings (SSSR count). The third-order valence-electron chi connectivity index (χ3n) is 4.50. The maximum absolute atomic E-state index is 13.6. The molecule has 144 valence electrons. The molecule has 0 aliphatic heterocycles. The molecular weight excluding hydrogens is 371 g/mol. The van der Waals surface area contributed by atoms with Gasteiger partial charge in [-0.05, 0) is 42.5 Å². The quantitative estimate of drug-likeness (QED) is 0.550. The van der Waals surface area contributed by atoms with E-state index in [0.29, 0.717) is 22.7 Å². The van der Waals surface area contributed by atoms with Crippen LogP contribution in [0.1, 0.15) is 10.4 Å². The Bertz CT molecular complexity index is 1270. The van der Waals surface area contributed by atoms with Gasteiger partial charge in [0.15, 0.2) is 5.75 Å². The summed E-state index contributed by atoms with van der Waals surface area (Å²) < 4.78 is 21.1. The van der Waals surface area contributed by atoms with E-state index in [9.17, 15) is 14.0 Å². The van der Waals surface area contributed by atoms with Gasteiger partial charge in [-0.3, -0.25) is 9.59 Å². The van der Waals surface area contributed by atoms with Crippen molar-refractivity contribution in [2.75, 3.05) is 5.32 Å². The van der Waals surface area contributed by atoms with Crippen LogP contribution >= 0.6 is 0 Å². The number of rotatable bonds is 4. The molecule has 0 atom stereocenters. The third-order valence-corrected chi connectivity index (χ3v) is 4.50. The molecule has 4 aromatic rings. The number of pyridine rings is 1. The molecule has 0 fully saturated rings. The molecule has 0 aliphatic carbocycles. The fraction of sp³-hybridized carbons (Fsp3) is 0.0435. The fourth-order valence-corrected chi connectivity index (χ4v) is 3.09. The van der Waals surface area contributed by atoms with Gasteiger partial charge in [0, 0.05) is 18.6 Å². The number of halogens is 1.